The van der Waals surface area contributed by atoms with Crippen LogP contribution in [0.15, 0.2) is 18.3 Å². The Morgan fingerprint density at radius 2 is 2.13 bits per heavy atom. The van der Waals surface area contributed by atoms with Gasteiger partial charge in [-0.15, -0.1) is 0 Å². The lowest BCUT2D eigenvalue weighted by Gasteiger charge is -2.03. The highest BCUT2D eigenvalue weighted by Gasteiger charge is 2.10. The number of nitrogens with two attached hydrogens (primary N) is 1. The lowest BCUT2D eigenvalue weighted by molar-refractivity contribution is 0.591. The summed E-state index contributed by atoms with van der Waals surface area (Å²) in [5, 5.41) is 0.574. The van der Waals surface area contributed by atoms with Crippen molar-refractivity contribution in [2.75, 3.05) is 0 Å². The number of halogens is 2. The Bertz CT molecular complexity index is 489. The third kappa shape index (κ3) is 1.85. The Kier molecular flexibility index (Phi) is 2.44. The van der Waals surface area contributed by atoms with Crippen LogP contribution in [-0.2, 0) is 6.42 Å². The zero-order valence-corrected chi connectivity index (χ0v) is 8.35. The van der Waals surface area contributed by atoms with Gasteiger partial charge in [0.05, 0.1) is 5.52 Å². The molecule has 15 heavy (non-hydrogen) atoms. The molecule has 2 rings (SSSR count). The van der Waals surface area contributed by atoms with E-state index < -0.39 is 11.6 Å². The molecule has 0 unspecified atom stereocenters. The number of hydrogen-bond donors (Lipinski definition) is 2. The lowest BCUT2D eigenvalue weighted by atomic mass is 10.1. The molecule has 0 amide bonds. The zero-order valence-electron chi connectivity index (χ0n) is 8.35. The molecule has 0 fully saturated rings. The first-order valence-corrected chi connectivity index (χ1v) is 4.78. The quantitative estimate of drug-likeness (QED) is 0.784. The molecule has 0 saturated heterocycles. The van der Waals surface area contributed by atoms with Crippen molar-refractivity contribution in [2.45, 2.75) is 19.4 Å². The Hall–Kier alpha value is -1.42. The van der Waals surface area contributed by atoms with Gasteiger partial charge in [-0.2, -0.15) is 0 Å². The van der Waals surface area contributed by atoms with Gasteiger partial charge in [-0.25, -0.2) is 8.78 Å². The molecule has 0 aliphatic heterocycles. The number of hydrogen-bond acceptors (Lipinski definition) is 1. The van der Waals surface area contributed by atoms with Crippen molar-refractivity contribution < 1.29 is 8.78 Å². The van der Waals surface area contributed by atoms with Crippen LogP contribution in [0.2, 0.25) is 0 Å². The second-order valence-corrected chi connectivity index (χ2v) is 3.81. The molecule has 4 heteroatoms. The molecule has 0 radical (unpaired) electrons. The summed E-state index contributed by atoms with van der Waals surface area (Å²) in [5.41, 5.74) is 6.83. The van der Waals surface area contributed by atoms with Gasteiger partial charge in [-0.1, -0.05) is 0 Å². The van der Waals surface area contributed by atoms with Crippen molar-refractivity contribution in [1.82, 2.24) is 4.98 Å². The summed E-state index contributed by atoms with van der Waals surface area (Å²) in [6.45, 7) is 1.86. The largest absolute Gasteiger partial charge is 0.359 e. The summed E-state index contributed by atoms with van der Waals surface area (Å²) in [6.07, 6.45) is 2.28. The van der Waals surface area contributed by atoms with E-state index in [4.69, 9.17) is 5.73 Å². The predicted molar refractivity (Wildman–Crippen MR) is 55.6 cm³/mol. The maximum atomic E-state index is 13.3. The summed E-state index contributed by atoms with van der Waals surface area (Å²) >= 11 is 0. The van der Waals surface area contributed by atoms with E-state index in [0.717, 1.165) is 11.6 Å². The van der Waals surface area contributed by atoms with Gasteiger partial charge < -0.3 is 10.7 Å². The number of aromatic nitrogens is 1. The van der Waals surface area contributed by atoms with Gasteiger partial charge in [-0.3, -0.25) is 0 Å². The first-order chi connectivity index (χ1) is 7.08. The first kappa shape index (κ1) is 10.1. The Balaban J connectivity index is 2.58. The predicted octanol–water partition coefficient (Wildman–Crippen LogP) is 2.34. The van der Waals surface area contributed by atoms with Gasteiger partial charge in [0.25, 0.3) is 0 Å². The van der Waals surface area contributed by atoms with Gasteiger partial charge in [0.2, 0.25) is 0 Å². The van der Waals surface area contributed by atoms with E-state index in [9.17, 15) is 8.78 Å². The summed E-state index contributed by atoms with van der Waals surface area (Å²) < 4.78 is 26.3. The standard InChI is InChI=1S/C11H12F2N2/c1-6(14)2-7-5-15-11-9(7)3-8(12)4-10(11)13/h3-6,15H,2,14H2,1H3/t6-/m1/s1. The molecule has 0 spiro atoms. The van der Waals surface area contributed by atoms with Crippen molar-refractivity contribution in [3.8, 4) is 0 Å². The molecule has 0 aliphatic carbocycles. The second kappa shape index (κ2) is 3.62. The van der Waals surface area contributed by atoms with Gasteiger partial charge >= 0.3 is 0 Å². The van der Waals surface area contributed by atoms with Crippen molar-refractivity contribution in [3.63, 3.8) is 0 Å². The molecular formula is C11H12F2N2. The molecule has 1 atom stereocenters. The molecule has 1 heterocycles. The molecule has 1 aromatic carbocycles. The fourth-order valence-corrected chi connectivity index (χ4v) is 1.73. The van der Waals surface area contributed by atoms with E-state index >= 15 is 0 Å². The van der Waals surface area contributed by atoms with Crippen molar-refractivity contribution in [3.05, 3.63) is 35.5 Å². The Morgan fingerprint density at radius 3 is 2.80 bits per heavy atom. The number of nitrogens with one attached hydrogen (secondary N) is 1. The molecule has 80 valence electrons. The molecule has 0 saturated carbocycles. The average molecular weight is 210 g/mol. The highest BCUT2D eigenvalue weighted by atomic mass is 19.1. The van der Waals surface area contributed by atoms with E-state index in [2.05, 4.69) is 4.98 Å². The number of fused-ring (bicyclic) bond motifs is 1. The van der Waals surface area contributed by atoms with Crippen molar-refractivity contribution in [2.24, 2.45) is 5.73 Å². The van der Waals surface area contributed by atoms with E-state index in [1.54, 1.807) is 6.20 Å². The molecule has 2 nitrogen and oxygen atoms in total. The van der Waals surface area contributed by atoms with Crippen LogP contribution < -0.4 is 5.73 Å². The smallest absolute Gasteiger partial charge is 0.150 e. The molecule has 0 aliphatic rings. The minimum atomic E-state index is -0.569. The van der Waals surface area contributed by atoms with E-state index in [0.29, 0.717) is 17.3 Å². The molecule has 2 aromatic rings. The Morgan fingerprint density at radius 1 is 1.40 bits per heavy atom. The maximum Gasteiger partial charge on any atom is 0.150 e. The van der Waals surface area contributed by atoms with Crippen LogP contribution in [0.5, 0.6) is 0 Å². The van der Waals surface area contributed by atoms with Crippen LogP contribution in [-0.4, -0.2) is 11.0 Å². The van der Waals surface area contributed by atoms with E-state index in [-0.39, 0.29) is 6.04 Å². The van der Waals surface area contributed by atoms with Gasteiger partial charge in [-0.05, 0) is 25.0 Å². The van der Waals surface area contributed by atoms with Crippen LogP contribution in [0.3, 0.4) is 0 Å². The van der Waals surface area contributed by atoms with Gasteiger partial charge in [0.15, 0.2) is 0 Å². The normalized spacial score (nSPS) is 13.3. The van der Waals surface area contributed by atoms with Crippen LogP contribution >= 0.6 is 0 Å². The molecule has 0 bridgehead atoms. The molecule has 3 N–H and O–H groups in total. The third-order valence-electron chi connectivity index (χ3n) is 2.33. The fraction of sp³-hybridized carbons (Fsp3) is 0.273. The molecular weight excluding hydrogens is 198 g/mol. The SMILES string of the molecule is C[C@@H](N)Cc1c[nH]c2c(F)cc(F)cc12. The summed E-state index contributed by atoms with van der Waals surface area (Å²) in [5.74, 6) is -1.13. The maximum absolute atomic E-state index is 13.3. The zero-order chi connectivity index (χ0) is 11.0. The third-order valence-corrected chi connectivity index (χ3v) is 2.33. The minimum Gasteiger partial charge on any atom is -0.359 e. The van der Waals surface area contributed by atoms with Crippen molar-refractivity contribution in [1.29, 1.82) is 0 Å². The van der Waals surface area contributed by atoms with Gasteiger partial charge in [0, 0.05) is 23.7 Å². The number of H-pyrrole nitrogens is 1. The average Bonchev–Trinajstić information content (AvgIpc) is 2.48. The van der Waals surface area contributed by atoms with Gasteiger partial charge in [0.1, 0.15) is 11.6 Å². The monoisotopic (exact) mass is 210 g/mol. The lowest BCUT2D eigenvalue weighted by Crippen LogP contribution is -2.17. The highest BCUT2D eigenvalue weighted by molar-refractivity contribution is 5.83. The fourth-order valence-electron chi connectivity index (χ4n) is 1.73. The van der Waals surface area contributed by atoms with Crippen LogP contribution in [0, 0.1) is 11.6 Å². The molecule has 1 aromatic heterocycles. The van der Waals surface area contributed by atoms with E-state index in [1.165, 1.54) is 6.07 Å². The van der Waals surface area contributed by atoms with Crippen molar-refractivity contribution >= 4 is 10.9 Å². The van der Waals surface area contributed by atoms with E-state index in [1.807, 2.05) is 6.92 Å². The summed E-state index contributed by atoms with van der Waals surface area (Å²) in [7, 11) is 0. The topological polar surface area (TPSA) is 41.8 Å². The second-order valence-electron chi connectivity index (χ2n) is 3.81. The minimum absolute atomic E-state index is 0.0321. The summed E-state index contributed by atoms with van der Waals surface area (Å²) in [6, 6.07) is 2.16. The Labute approximate surface area is 86.1 Å². The van der Waals surface area contributed by atoms with Crippen LogP contribution in [0.1, 0.15) is 12.5 Å². The highest BCUT2D eigenvalue weighted by Crippen LogP contribution is 2.23. The van der Waals surface area contributed by atoms with Crippen LogP contribution in [0.4, 0.5) is 8.78 Å². The number of rotatable bonds is 2. The number of aromatic amines is 1. The van der Waals surface area contributed by atoms with Crippen LogP contribution in [0.25, 0.3) is 10.9 Å². The first-order valence-electron chi connectivity index (χ1n) is 4.78. The summed E-state index contributed by atoms with van der Waals surface area (Å²) in [4.78, 5) is 2.79. The number of benzene rings is 1.